The van der Waals surface area contributed by atoms with E-state index in [4.69, 9.17) is 4.74 Å². The number of amides is 1. The molecule has 40 heavy (non-hydrogen) atoms. The third kappa shape index (κ3) is 8.28. The Morgan fingerprint density at radius 2 is 1.73 bits per heavy atom. The first kappa shape index (κ1) is 31.6. The van der Waals surface area contributed by atoms with Crippen molar-refractivity contribution >= 4 is 5.91 Å². The van der Waals surface area contributed by atoms with Crippen molar-refractivity contribution in [2.24, 2.45) is 11.8 Å². The largest absolute Gasteiger partial charge is 0.417 e. The van der Waals surface area contributed by atoms with Gasteiger partial charge in [0, 0.05) is 44.2 Å². The van der Waals surface area contributed by atoms with Crippen molar-refractivity contribution in [3.8, 4) is 0 Å². The Kier molecular flexibility index (Phi) is 9.70. The number of nitrogens with zero attached hydrogens (tertiary/aromatic N) is 4. The second kappa shape index (κ2) is 12.3. The van der Waals surface area contributed by atoms with Crippen LogP contribution in [0, 0.1) is 25.2 Å². The molecular weight excluding hydrogens is 531 g/mol. The molecule has 3 atom stereocenters. The molecule has 11 heteroatoms. The topological polar surface area (TPSA) is 68.2 Å². The molecule has 1 aliphatic heterocycles. The Balaban J connectivity index is 0.000000307. The van der Waals surface area contributed by atoms with Crippen molar-refractivity contribution in [2.45, 2.75) is 78.2 Å². The molecular formula is C29H36F5N4O2. The number of ether oxygens (including phenoxy) is 1. The van der Waals surface area contributed by atoms with E-state index in [-0.39, 0.29) is 47.3 Å². The number of halogens is 5. The quantitative estimate of drug-likeness (QED) is 0.359. The van der Waals surface area contributed by atoms with E-state index in [1.165, 1.54) is 18.7 Å². The number of hydrogen-bond donors (Lipinski definition) is 0. The van der Waals surface area contributed by atoms with E-state index < -0.39 is 17.7 Å². The maximum Gasteiger partial charge on any atom is 0.417 e. The number of rotatable bonds is 6. The molecule has 2 aromatic rings. The lowest BCUT2D eigenvalue weighted by atomic mass is 9.79. The van der Waals surface area contributed by atoms with Crippen molar-refractivity contribution in [1.29, 1.82) is 0 Å². The number of hydrogen-bond acceptors (Lipinski definition) is 5. The third-order valence-electron chi connectivity index (χ3n) is 6.71. The molecule has 1 amide bonds. The molecule has 0 unspecified atom stereocenters. The highest BCUT2D eigenvalue weighted by Gasteiger charge is 2.44. The van der Waals surface area contributed by atoms with Gasteiger partial charge in [0.2, 0.25) is 0 Å². The van der Waals surface area contributed by atoms with Crippen LogP contribution in [0.15, 0.2) is 42.4 Å². The van der Waals surface area contributed by atoms with Gasteiger partial charge in [-0.3, -0.25) is 14.8 Å². The van der Waals surface area contributed by atoms with Gasteiger partial charge in [-0.1, -0.05) is 31.9 Å². The van der Waals surface area contributed by atoms with Gasteiger partial charge in [-0.2, -0.15) is 22.0 Å². The van der Waals surface area contributed by atoms with Crippen LogP contribution in [0.3, 0.4) is 0 Å². The number of carbonyl (C=O) groups is 1. The first-order valence-electron chi connectivity index (χ1n) is 13.3. The molecule has 2 aliphatic rings. The minimum absolute atomic E-state index is 0.0213. The van der Waals surface area contributed by atoms with Crippen molar-refractivity contribution in [1.82, 2.24) is 19.9 Å². The van der Waals surface area contributed by atoms with Crippen LogP contribution in [0.4, 0.5) is 22.0 Å². The summed E-state index contributed by atoms with van der Waals surface area (Å²) in [6.45, 7) is 12.0. The fraction of sp³-hybridized carbons (Fsp3) is 0.552. The lowest BCUT2D eigenvalue weighted by Crippen LogP contribution is -2.54. The predicted octanol–water partition coefficient (Wildman–Crippen LogP) is 6.81. The highest BCUT2D eigenvalue weighted by Crippen LogP contribution is 2.42. The molecule has 0 saturated carbocycles. The Hall–Kier alpha value is -2.95. The van der Waals surface area contributed by atoms with E-state index in [1.54, 1.807) is 11.8 Å². The molecule has 1 saturated heterocycles. The number of pyridine rings is 1. The normalized spacial score (nSPS) is 21.3. The van der Waals surface area contributed by atoms with Crippen LogP contribution in [0.2, 0.25) is 0 Å². The average molecular weight is 568 g/mol. The minimum Gasteiger partial charge on any atom is -0.370 e. The van der Waals surface area contributed by atoms with Gasteiger partial charge in [-0.15, -0.1) is 0 Å². The van der Waals surface area contributed by atoms with Gasteiger partial charge >= 0.3 is 6.18 Å². The summed E-state index contributed by atoms with van der Waals surface area (Å²) in [5.41, 5.74) is 0.328. The summed E-state index contributed by atoms with van der Waals surface area (Å²) < 4.78 is 70.4. The van der Waals surface area contributed by atoms with Gasteiger partial charge in [-0.25, -0.2) is 4.98 Å². The maximum atomic E-state index is 13.0. The van der Waals surface area contributed by atoms with E-state index in [1.807, 2.05) is 20.8 Å². The Morgan fingerprint density at radius 3 is 2.20 bits per heavy atom. The van der Waals surface area contributed by atoms with Gasteiger partial charge < -0.3 is 9.64 Å². The summed E-state index contributed by atoms with van der Waals surface area (Å²) in [6, 6.07) is 2.05. The van der Waals surface area contributed by atoms with Gasteiger partial charge in [0.05, 0.1) is 29.2 Å². The summed E-state index contributed by atoms with van der Waals surface area (Å²) in [6.07, 6.45) is 3.44. The van der Waals surface area contributed by atoms with Crippen molar-refractivity contribution in [3.63, 3.8) is 0 Å². The second-order valence-electron chi connectivity index (χ2n) is 11.0. The highest BCUT2D eigenvalue weighted by atomic mass is 19.4. The van der Waals surface area contributed by atoms with Crippen LogP contribution in [0.1, 0.15) is 74.9 Å². The van der Waals surface area contributed by atoms with Crippen LogP contribution < -0.4 is 0 Å². The number of alkyl halides is 5. The molecule has 1 fully saturated rings. The van der Waals surface area contributed by atoms with E-state index in [0.717, 1.165) is 24.8 Å². The van der Waals surface area contributed by atoms with Crippen molar-refractivity contribution in [3.05, 3.63) is 71.4 Å². The summed E-state index contributed by atoms with van der Waals surface area (Å²) in [7, 11) is 0. The smallest absolute Gasteiger partial charge is 0.370 e. The van der Waals surface area contributed by atoms with Crippen LogP contribution in [0.25, 0.3) is 0 Å². The molecule has 1 radical (unpaired) electrons. The maximum absolute atomic E-state index is 13.0. The second-order valence-corrected chi connectivity index (χ2v) is 11.0. The van der Waals surface area contributed by atoms with Crippen molar-refractivity contribution in [2.75, 3.05) is 13.1 Å². The Bertz CT molecular complexity index is 1190. The Morgan fingerprint density at radius 1 is 1.05 bits per heavy atom. The van der Waals surface area contributed by atoms with E-state index in [2.05, 4.69) is 34.4 Å². The lowest BCUT2D eigenvalue weighted by molar-refractivity contribution is -0.137. The number of likely N-dealkylation sites (tertiary alicyclic amines) is 1. The molecule has 0 bridgehead atoms. The van der Waals surface area contributed by atoms with Gasteiger partial charge in [0.15, 0.2) is 0 Å². The van der Waals surface area contributed by atoms with Crippen molar-refractivity contribution < 1.29 is 31.5 Å². The van der Waals surface area contributed by atoms with Crippen LogP contribution >= 0.6 is 0 Å². The molecule has 6 nitrogen and oxygen atoms in total. The lowest BCUT2D eigenvalue weighted by Gasteiger charge is -2.45. The molecule has 3 heterocycles. The monoisotopic (exact) mass is 567 g/mol. The fourth-order valence-corrected chi connectivity index (χ4v) is 4.65. The number of aromatic nitrogens is 3. The zero-order valence-corrected chi connectivity index (χ0v) is 23.6. The number of allylic oxidation sites excluding steroid dienone is 1. The first-order chi connectivity index (χ1) is 18.6. The molecule has 219 valence electrons. The van der Waals surface area contributed by atoms with E-state index in [0.29, 0.717) is 25.0 Å². The van der Waals surface area contributed by atoms with Gasteiger partial charge in [0.25, 0.3) is 11.8 Å². The van der Waals surface area contributed by atoms with Crippen LogP contribution in [-0.4, -0.2) is 50.6 Å². The van der Waals surface area contributed by atoms with Crippen LogP contribution in [0.5, 0.6) is 0 Å². The first-order valence-corrected chi connectivity index (χ1v) is 13.3. The molecule has 1 aliphatic carbocycles. The summed E-state index contributed by atoms with van der Waals surface area (Å²) >= 11 is 0. The molecule has 2 aromatic heterocycles. The molecule has 0 aromatic carbocycles. The zero-order chi connectivity index (χ0) is 29.9. The zero-order valence-electron chi connectivity index (χ0n) is 23.6. The molecule has 0 spiro atoms. The van der Waals surface area contributed by atoms with E-state index >= 15 is 0 Å². The molecule has 4 rings (SSSR count). The highest BCUT2D eigenvalue weighted by molar-refractivity contribution is 5.92. The van der Waals surface area contributed by atoms with Crippen LogP contribution in [-0.2, 0) is 16.8 Å². The number of piperidine rings is 1. The summed E-state index contributed by atoms with van der Waals surface area (Å²) in [4.78, 5) is 25.7. The number of carbonyl (C=O) groups excluding carboxylic acids is 1. The summed E-state index contributed by atoms with van der Waals surface area (Å²) in [5.74, 6) is -2.75. The summed E-state index contributed by atoms with van der Waals surface area (Å²) in [5, 5.41) is 0. The number of aryl methyl sites for hydroxylation is 1. The molecule has 0 N–H and O–H groups in total. The minimum atomic E-state index is -4.47. The fourth-order valence-electron chi connectivity index (χ4n) is 4.65. The predicted molar refractivity (Wildman–Crippen MR) is 140 cm³/mol. The standard InChI is InChI=1S/C21H26F3N2O2.C8H10F2N2/c1-5-13-11-26(12-17(28-20(2,3)4)18(13)14-6-7-14)19(27)16-9-8-15(10-25-16)21(22,23)24;1-3-8(9,10)7-5-11-4-6(2)12-7/h6-10,13,17-18H,5,11-12H2,1-4H3;4-5H,3H2,1-2H3/t13-,17-,18-;/m0./s1. The average Bonchev–Trinajstić information content (AvgIpc) is 3.72. The van der Waals surface area contributed by atoms with Gasteiger partial charge in [-0.05, 0) is 45.7 Å². The van der Waals surface area contributed by atoms with Gasteiger partial charge in [0.1, 0.15) is 11.4 Å². The Labute approximate surface area is 232 Å². The SMILES string of the molecule is CCC(F)(F)c1cncc(C)n1.CC[C@H]1CN(C(=O)c2ccc(C(F)(F)F)cn2)C[C@H](OC(C)(C)C)[C@@H]1C1=C[CH]1. The third-order valence-corrected chi connectivity index (χ3v) is 6.71. The van der Waals surface area contributed by atoms with E-state index in [9.17, 15) is 26.7 Å².